The maximum absolute atomic E-state index is 12.7. The van der Waals surface area contributed by atoms with Crippen molar-refractivity contribution in [2.24, 2.45) is 0 Å². The van der Waals surface area contributed by atoms with E-state index in [4.69, 9.17) is 35.1 Å². The Morgan fingerprint density at radius 2 is 1.42 bits per heavy atom. The Morgan fingerprint density at radius 1 is 0.736 bits per heavy atom. The first-order valence-corrected chi connectivity index (χ1v) is 17.2. The molecule has 6 N–H and O–H groups in total. The third kappa shape index (κ3) is 8.19. The minimum Gasteiger partial charge on any atom is -0.493 e. The fourth-order valence-corrected chi connectivity index (χ4v) is 6.32. The van der Waals surface area contributed by atoms with Crippen LogP contribution in [-0.4, -0.2) is 58.9 Å². The SMILES string of the molecule is COc1cc(-c2cc(-c3cc(CO)c(CO)c(CO)c3)on2)cc(OC)c1OCCCCOc1ccc(C2NC(=O)c3cc(Cl)ccc3N2)cc1CO. The molecule has 53 heavy (non-hydrogen) atoms. The highest BCUT2D eigenvalue weighted by Gasteiger charge is 2.26. The fourth-order valence-electron chi connectivity index (χ4n) is 6.14. The van der Waals surface area contributed by atoms with Crippen molar-refractivity contribution in [1.29, 1.82) is 0 Å². The van der Waals surface area contributed by atoms with Crippen LogP contribution in [0.2, 0.25) is 5.02 Å². The number of carbonyl (C=O) groups excluding carboxylic acids is 1. The van der Waals surface area contributed by atoms with Gasteiger partial charge in [-0.25, -0.2) is 0 Å². The number of amides is 1. The topological polar surface area (TPSA) is 185 Å². The van der Waals surface area contributed by atoms with Crippen LogP contribution >= 0.6 is 11.6 Å². The number of aliphatic hydroxyl groups is 4. The van der Waals surface area contributed by atoms with Gasteiger partial charge in [-0.3, -0.25) is 4.79 Å². The van der Waals surface area contributed by atoms with Crippen LogP contribution in [0.5, 0.6) is 23.0 Å². The number of rotatable bonds is 16. The molecule has 4 aromatic carbocycles. The molecule has 5 aromatic rings. The summed E-state index contributed by atoms with van der Waals surface area (Å²) in [6, 6.07) is 19.1. The van der Waals surface area contributed by atoms with Gasteiger partial charge in [0, 0.05) is 33.5 Å². The molecule has 0 fully saturated rings. The highest BCUT2D eigenvalue weighted by atomic mass is 35.5. The van der Waals surface area contributed by atoms with Crippen LogP contribution < -0.4 is 29.6 Å². The maximum atomic E-state index is 12.7. The van der Waals surface area contributed by atoms with E-state index in [2.05, 4.69) is 15.8 Å². The Balaban J connectivity index is 1.06. The van der Waals surface area contributed by atoms with Gasteiger partial charge in [0.05, 0.1) is 59.4 Å². The van der Waals surface area contributed by atoms with E-state index >= 15 is 0 Å². The van der Waals surface area contributed by atoms with E-state index in [1.807, 2.05) is 6.07 Å². The first-order valence-electron chi connectivity index (χ1n) is 16.9. The lowest BCUT2D eigenvalue weighted by Crippen LogP contribution is -2.38. The summed E-state index contributed by atoms with van der Waals surface area (Å²) in [4.78, 5) is 12.7. The zero-order chi connectivity index (χ0) is 37.5. The number of fused-ring (bicyclic) bond motifs is 1. The van der Waals surface area contributed by atoms with Crippen molar-refractivity contribution >= 4 is 23.2 Å². The van der Waals surface area contributed by atoms with Gasteiger partial charge in [0.1, 0.15) is 17.6 Å². The molecule has 1 aliphatic heterocycles. The number of halogens is 1. The predicted molar refractivity (Wildman–Crippen MR) is 196 cm³/mol. The van der Waals surface area contributed by atoms with Gasteiger partial charge in [-0.15, -0.1) is 0 Å². The maximum Gasteiger partial charge on any atom is 0.255 e. The Kier molecular flexibility index (Phi) is 12.0. The van der Waals surface area contributed by atoms with Crippen LogP contribution in [0.25, 0.3) is 22.6 Å². The molecule has 1 amide bonds. The largest absolute Gasteiger partial charge is 0.493 e. The lowest BCUT2D eigenvalue weighted by molar-refractivity contribution is 0.0935. The molecule has 1 aromatic heterocycles. The number of hydrogen-bond donors (Lipinski definition) is 6. The van der Waals surface area contributed by atoms with E-state index in [1.54, 1.807) is 60.7 Å². The molecule has 278 valence electrons. The van der Waals surface area contributed by atoms with Crippen LogP contribution in [0.15, 0.2) is 71.3 Å². The molecule has 0 saturated carbocycles. The van der Waals surface area contributed by atoms with E-state index in [1.165, 1.54) is 14.2 Å². The van der Waals surface area contributed by atoms with Crippen molar-refractivity contribution in [3.63, 3.8) is 0 Å². The number of methoxy groups -OCH3 is 2. The summed E-state index contributed by atoms with van der Waals surface area (Å²) in [5, 5.41) is 50.3. The van der Waals surface area contributed by atoms with Crippen LogP contribution in [0.4, 0.5) is 5.69 Å². The molecule has 0 radical (unpaired) electrons. The molecule has 2 heterocycles. The highest BCUT2D eigenvalue weighted by Crippen LogP contribution is 2.42. The van der Waals surface area contributed by atoms with Crippen LogP contribution in [0.1, 0.15) is 57.2 Å². The molecule has 6 rings (SSSR count). The molecular formula is C39H40ClN3O10. The standard InChI is InChI=1S/C39H40ClN3O10/c1-49-35-14-23(32-17-34(53-43-32)24-12-25(18-44)30(21-47)26(13-24)19-45)15-36(50-2)37(35)52-10-4-3-9-51-33-8-5-22(11-27(33)20-46)38-41-31-7-6-28(40)16-29(31)39(48)42-38/h5-8,11-17,38,41,44-47H,3-4,9-10,18-21H2,1-2H3,(H,42,48). The number of carbonyl (C=O) groups is 1. The number of ether oxygens (including phenoxy) is 4. The summed E-state index contributed by atoms with van der Waals surface area (Å²) in [6.45, 7) is -0.448. The Labute approximate surface area is 310 Å². The van der Waals surface area contributed by atoms with Crippen molar-refractivity contribution in [3.05, 3.63) is 105 Å². The molecule has 1 atom stereocenters. The minimum absolute atomic E-state index is 0.239. The van der Waals surface area contributed by atoms with Crippen molar-refractivity contribution in [2.45, 2.75) is 45.4 Å². The summed E-state index contributed by atoms with van der Waals surface area (Å²) in [7, 11) is 3.06. The van der Waals surface area contributed by atoms with Crippen LogP contribution in [0, 0.1) is 0 Å². The van der Waals surface area contributed by atoms with Gasteiger partial charge in [0.15, 0.2) is 17.3 Å². The lowest BCUT2D eigenvalue weighted by Gasteiger charge is -2.28. The van der Waals surface area contributed by atoms with E-state index in [9.17, 15) is 25.2 Å². The summed E-state index contributed by atoms with van der Waals surface area (Å²) in [5.41, 5.74) is 5.67. The first kappa shape index (κ1) is 37.4. The van der Waals surface area contributed by atoms with Gasteiger partial charge in [-0.05, 0) is 89.7 Å². The molecule has 0 bridgehead atoms. The zero-order valence-corrected chi connectivity index (χ0v) is 29.9. The average Bonchev–Trinajstić information content (AvgIpc) is 3.69. The summed E-state index contributed by atoms with van der Waals surface area (Å²) in [6.07, 6.45) is 0.823. The van der Waals surface area contributed by atoms with Crippen molar-refractivity contribution in [2.75, 3.05) is 32.8 Å². The molecule has 0 saturated heterocycles. The Hall–Kier alpha value is -5.31. The van der Waals surface area contributed by atoms with Gasteiger partial charge in [0.2, 0.25) is 5.75 Å². The number of aliphatic hydroxyl groups excluding tert-OH is 4. The monoisotopic (exact) mass is 745 g/mol. The third-order valence-electron chi connectivity index (χ3n) is 8.92. The number of aromatic nitrogens is 1. The second kappa shape index (κ2) is 17.0. The second-order valence-electron chi connectivity index (χ2n) is 12.2. The third-order valence-corrected chi connectivity index (χ3v) is 9.15. The Bertz CT molecular complexity index is 2030. The molecule has 14 heteroatoms. The minimum atomic E-state index is -0.484. The van der Waals surface area contributed by atoms with Gasteiger partial charge in [0.25, 0.3) is 5.91 Å². The van der Waals surface area contributed by atoms with Gasteiger partial charge >= 0.3 is 0 Å². The number of nitrogens with zero attached hydrogens (tertiary/aromatic N) is 1. The zero-order valence-electron chi connectivity index (χ0n) is 29.1. The second-order valence-corrected chi connectivity index (χ2v) is 12.6. The van der Waals surface area contributed by atoms with E-state index in [0.29, 0.717) is 110 Å². The van der Waals surface area contributed by atoms with Gasteiger partial charge in [-0.1, -0.05) is 22.8 Å². The fraction of sp³-hybridized carbons (Fsp3) is 0.282. The molecular weight excluding hydrogens is 706 g/mol. The summed E-state index contributed by atoms with van der Waals surface area (Å²) < 4.78 is 29.0. The molecule has 0 aliphatic carbocycles. The van der Waals surface area contributed by atoms with E-state index in [-0.39, 0.29) is 32.3 Å². The number of nitrogens with one attached hydrogen (secondary N) is 2. The highest BCUT2D eigenvalue weighted by molar-refractivity contribution is 6.31. The summed E-state index contributed by atoms with van der Waals surface area (Å²) in [5.74, 6) is 2.00. The number of hydrogen-bond acceptors (Lipinski definition) is 12. The normalized spacial score (nSPS) is 13.6. The van der Waals surface area contributed by atoms with Crippen molar-refractivity contribution < 1.29 is 48.7 Å². The van der Waals surface area contributed by atoms with Crippen molar-refractivity contribution in [1.82, 2.24) is 10.5 Å². The number of unbranched alkanes of at least 4 members (excludes halogenated alkanes) is 1. The van der Waals surface area contributed by atoms with Crippen molar-refractivity contribution in [3.8, 4) is 45.6 Å². The van der Waals surface area contributed by atoms with Crippen LogP contribution in [-0.2, 0) is 26.4 Å². The van der Waals surface area contributed by atoms with Gasteiger partial charge in [-0.2, -0.15) is 0 Å². The lowest BCUT2D eigenvalue weighted by atomic mass is 9.97. The predicted octanol–water partition coefficient (Wildman–Crippen LogP) is 5.74. The molecule has 13 nitrogen and oxygen atoms in total. The van der Waals surface area contributed by atoms with E-state index < -0.39 is 6.17 Å². The summed E-state index contributed by atoms with van der Waals surface area (Å²) >= 11 is 6.05. The smallest absolute Gasteiger partial charge is 0.255 e. The van der Waals surface area contributed by atoms with E-state index in [0.717, 1.165) is 5.56 Å². The Morgan fingerprint density at radius 3 is 2.06 bits per heavy atom. The number of anilines is 1. The quantitative estimate of drug-likeness (QED) is 0.0675. The first-order chi connectivity index (χ1) is 25.8. The number of benzene rings is 4. The van der Waals surface area contributed by atoms with Gasteiger partial charge < -0.3 is 54.5 Å². The average molecular weight is 746 g/mol. The van der Waals surface area contributed by atoms with Crippen LogP contribution in [0.3, 0.4) is 0 Å². The molecule has 0 spiro atoms. The molecule has 1 unspecified atom stereocenters. The molecule has 1 aliphatic rings.